The molecule has 3 N–H and O–H groups in total. The molecule has 5 heteroatoms. The summed E-state index contributed by atoms with van der Waals surface area (Å²) in [5.41, 5.74) is 1.22. The lowest BCUT2D eigenvalue weighted by Gasteiger charge is -2.10. The highest BCUT2D eigenvalue weighted by molar-refractivity contribution is 5.79. The smallest absolute Gasteiger partial charge is 0.314 e. The van der Waals surface area contributed by atoms with Crippen LogP contribution < -0.4 is 10.6 Å². The minimum absolute atomic E-state index is 0.166. The fraction of sp³-hybridized carbons (Fsp3) is 0.471. The number of hydrogen-bond acceptors (Lipinski definition) is 2. The van der Waals surface area contributed by atoms with Crippen molar-refractivity contribution >= 4 is 16.9 Å². The van der Waals surface area contributed by atoms with Crippen LogP contribution in [0.15, 0.2) is 36.5 Å². The van der Waals surface area contributed by atoms with Crippen molar-refractivity contribution in [2.75, 3.05) is 13.1 Å². The molecule has 0 radical (unpaired) electrons. The van der Waals surface area contributed by atoms with Crippen molar-refractivity contribution in [3.63, 3.8) is 0 Å². The second-order valence-electron chi connectivity index (χ2n) is 5.45. The van der Waals surface area contributed by atoms with E-state index in [1.54, 1.807) is 0 Å². The normalized spacial score (nSPS) is 12.3. The third-order valence-corrected chi connectivity index (χ3v) is 3.78. The van der Waals surface area contributed by atoms with Crippen molar-refractivity contribution in [1.82, 2.24) is 15.2 Å². The fourth-order valence-corrected chi connectivity index (χ4v) is 2.41. The maximum atomic E-state index is 11.6. The van der Waals surface area contributed by atoms with Crippen LogP contribution in [0.4, 0.5) is 4.79 Å². The van der Waals surface area contributed by atoms with Gasteiger partial charge in [-0.1, -0.05) is 25.1 Å². The molecule has 1 atom stereocenters. The van der Waals surface area contributed by atoms with Crippen LogP contribution >= 0.6 is 0 Å². The van der Waals surface area contributed by atoms with Gasteiger partial charge in [0.25, 0.3) is 0 Å². The van der Waals surface area contributed by atoms with Crippen molar-refractivity contribution in [3.05, 3.63) is 36.5 Å². The van der Waals surface area contributed by atoms with Gasteiger partial charge in [0, 0.05) is 31.3 Å². The van der Waals surface area contributed by atoms with Gasteiger partial charge in [-0.25, -0.2) is 4.79 Å². The summed E-state index contributed by atoms with van der Waals surface area (Å²) < 4.78 is 2.20. The predicted molar refractivity (Wildman–Crippen MR) is 88.9 cm³/mol. The standard InChI is InChI=1S/C17H25N3O2/c1-2-15(21)8-11-19-17(22)18-10-5-12-20-13-9-14-6-3-4-7-16(14)20/h3-4,6-7,9,13,15,21H,2,5,8,10-12H2,1H3,(H2,18,19,22). The van der Waals surface area contributed by atoms with Gasteiger partial charge in [-0.3, -0.25) is 0 Å². The summed E-state index contributed by atoms with van der Waals surface area (Å²) in [5, 5.41) is 16.2. The zero-order valence-corrected chi connectivity index (χ0v) is 13.1. The Kier molecular flexibility index (Phi) is 6.27. The number of aliphatic hydroxyl groups is 1. The van der Waals surface area contributed by atoms with Crippen LogP contribution in [0.5, 0.6) is 0 Å². The summed E-state index contributed by atoms with van der Waals surface area (Å²) in [6, 6.07) is 10.2. The number of urea groups is 1. The van der Waals surface area contributed by atoms with Crippen LogP contribution in [0.25, 0.3) is 10.9 Å². The average Bonchev–Trinajstić information content (AvgIpc) is 2.94. The van der Waals surface area contributed by atoms with E-state index in [-0.39, 0.29) is 12.1 Å². The maximum absolute atomic E-state index is 11.6. The number of nitrogens with one attached hydrogen (secondary N) is 2. The van der Waals surface area contributed by atoms with E-state index in [2.05, 4.69) is 39.6 Å². The van der Waals surface area contributed by atoms with Crippen LogP contribution in [0.3, 0.4) is 0 Å². The van der Waals surface area contributed by atoms with Crippen LogP contribution in [0, 0.1) is 0 Å². The Morgan fingerprint density at radius 3 is 2.82 bits per heavy atom. The van der Waals surface area contributed by atoms with E-state index < -0.39 is 0 Å². The lowest BCUT2D eigenvalue weighted by molar-refractivity contribution is 0.160. The summed E-state index contributed by atoms with van der Waals surface area (Å²) >= 11 is 0. The number of amides is 2. The molecule has 1 unspecified atom stereocenters. The minimum atomic E-state index is -0.331. The van der Waals surface area contributed by atoms with E-state index in [0.717, 1.165) is 13.0 Å². The largest absolute Gasteiger partial charge is 0.393 e. The topological polar surface area (TPSA) is 66.3 Å². The Hall–Kier alpha value is -2.01. The first-order valence-electron chi connectivity index (χ1n) is 7.94. The lowest BCUT2D eigenvalue weighted by Crippen LogP contribution is -2.37. The second-order valence-corrected chi connectivity index (χ2v) is 5.45. The van der Waals surface area contributed by atoms with Crippen LogP contribution in [0.1, 0.15) is 26.2 Å². The monoisotopic (exact) mass is 303 g/mol. The number of para-hydroxylation sites is 1. The average molecular weight is 303 g/mol. The number of benzene rings is 1. The lowest BCUT2D eigenvalue weighted by atomic mass is 10.2. The molecule has 0 saturated heterocycles. The molecular formula is C17H25N3O2. The molecule has 0 fully saturated rings. The summed E-state index contributed by atoms with van der Waals surface area (Å²) in [6.07, 6.45) is 3.94. The number of aromatic nitrogens is 1. The minimum Gasteiger partial charge on any atom is -0.393 e. The molecule has 2 rings (SSSR count). The van der Waals surface area contributed by atoms with E-state index >= 15 is 0 Å². The molecular weight excluding hydrogens is 278 g/mol. The van der Waals surface area contributed by atoms with Crippen molar-refractivity contribution in [3.8, 4) is 0 Å². The summed E-state index contributed by atoms with van der Waals surface area (Å²) in [5.74, 6) is 0. The summed E-state index contributed by atoms with van der Waals surface area (Å²) in [7, 11) is 0. The molecule has 0 saturated carbocycles. The molecule has 1 aromatic heterocycles. The first-order valence-corrected chi connectivity index (χ1v) is 7.94. The van der Waals surface area contributed by atoms with Gasteiger partial charge >= 0.3 is 6.03 Å². The second kappa shape index (κ2) is 8.44. The van der Waals surface area contributed by atoms with Gasteiger partial charge in [-0.15, -0.1) is 0 Å². The molecule has 0 aliphatic carbocycles. The molecule has 2 amide bonds. The molecule has 2 aromatic rings. The van der Waals surface area contributed by atoms with E-state index in [1.165, 1.54) is 10.9 Å². The van der Waals surface area contributed by atoms with Gasteiger partial charge < -0.3 is 20.3 Å². The summed E-state index contributed by atoms with van der Waals surface area (Å²) in [4.78, 5) is 11.6. The SMILES string of the molecule is CCC(O)CCNC(=O)NCCCn1ccc2ccccc21. The van der Waals surface area contributed by atoms with E-state index in [1.807, 2.05) is 19.1 Å². The number of fused-ring (bicyclic) bond motifs is 1. The highest BCUT2D eigenvalue weighted by Crippen LogP contribution is 2.15. The number of aryl methyl sites for hydroxylation is 1. The van der Waals surface area contributed by atoms with Crippen LogP contribution in [0.2, 0.25) is 0 Å². The maximum Gasteiger partial charge on any atom is 0.314 e. The number of carbonyl (C=O) groups is 1. The molecule has 0 spiro atoms. The first kappa shape index (κ1) is 16.4. The zero-order valence-electron chi connectivity index (χ0n) is 13.1. The molecule has 0 aliphatic rings. The Balaban J connectivity index is 1.64. The number of hydrogen-bond donors (Lipinski definition) is 3. The Labute approximate surface area is 131 Å². The molecule has 120 valence electrons. The number of aliphatic hydroxyl groups excluding tert-OH is 1. The quantitative estimate of drug-likeness (QED) is 0.656. The Morgan fingerprint density at radius 2 is 2.00 bits per heavy atom. The van der Waals surface area contributed by atoms with Crippen molar-refractivity contribution in [2.24, 2.45) is 0 Å². The van der Waals surface area contributed by atoms with Crippen LogP contribution in [-0.4, -0.2) is 34.9 Å². The van der Waals surface area contributed by atoms with E-state index in [0.29, 0.717) is 25.9 Å². The van der Waals surface area contributed by atoms with Gasteiger partial charge in [0.2, 0.25) is 0 Å². The molecule has 0 aliphatic heterocycles. The van der Waals surface area contributed by atoms with E-state index in [9.17, 15) is 9.90 Å². The molecule has 5 nitrogen and oxygen atoms in total. The van der Waals surface area contributed by atoms with Crippen molar-refractivity contribution < 1.29 is 9.90 Å². The molecule has 0 bridgehead atoms. The predicted octanol–water partition coefficient (Wildman–Crippen LogP) is 2.49. The highest BCUT2D eigenvalue weighted by Gasteiger charge is 2.03. The number of nitrogens with zero attached hydrogens (tertiary/aromatic N) is 1. The zero-order chi connectivity index (χ0) is 15.8. The molecule has 1 heterocycles. The third-order valence-electron chi connectivity index (χ3n) is 3.78. The Morgan fingerprint density at radius 1 is 1.23 bits per heavy atom. The number of carbonyl (C=O) groups excluding carboxylic acids is 1. The first-order chi connectivity index (χ1) is 10.7. The fourth-order valence-electron chi connectivity index (χ4n) is 2.41. The molecule has 22 heavy (non-hydrogen) atoms. The Bertz CT molecular complexity index is 594. The van der Waals surface area contributed by atoms with Gasteiger partial charge in [0.05, 0.1) is 6.10 Å². The van der Waals surface area contributed by atoms with Gasteiger partial charge in [-0.2, -0.15) is 0 Å². The third kappa shape index (κ3) is 4.77. The number of rotatable bonds is 8. The van der Waals surface area contributed by atoms with Crippen molar-refractivity contribution in [1.29, 1.82) is 0 Å². The van der Waals surface area contributed by atoms with Gasteiger partial charge in [0.15, 0.2) is 0 Å². The molecule has 1 aromatic carbocycles. The van der Waals surface area contributed by atoms with Crippen LogP contribution in [-0.2, 0) is 6.54 Å². The highest BCUT2D eigenvalue weighted by atomic mass is 16.3. The van der Waals surface area contributed by atoms with Crippen molar-refractivity contribution in [2.45, 2.75) is 38.8 Å². The van der Waals surface area contributed by atoms with Gasteiger partial charge in [0.1, 0.15) is 0 Å². The van der Waals surface area contributed by atoms with Gasteiger partial charge in [-0.05, 0) is 36.8 Å². The summed E-state index contributed by atoms with van der Waals surface area (Å²) in [6.45, 7) is 3.94. The van der Waals surface area contributed by atoms with E-state index in [4.69, 9.17) is 0 Å².